The number of aromatic nitrogens is 1. The molecule has 2 rings (SSSR count). The summed E-state index contributed by atoms with van der Waals surface area (Å²) in [7, 11) is 1.77. The molecule has 0 saturated carbocycles. The molecular formula is C12H16BrN3OS. The van der Waals surface area contributed by atoms with Crippen LogP contribution in [-0.2, 0) is 0 Å². The van der Waals surface area contributed by atoms with Gasteiger partial charge in [0.2, 0.25) is 0 Å². The second-order valence-corrected chi connectivity index (χ2v) is 6.30. The fourth-order valence-electron chi connectivity index (χ4n) is 1.92. The van der Waals surface area contributed by atoms with Gasteiger partial charge in [0, 0.05) is 23.8 Å². The van der Waals surface area contributed by atoms with Gasteiger partial charge in [-0.25, -0.2) is 4.98 Å². The third-order valence-corrected chi connectivity index (χ3v) is 4.37. The van der Waals surface area contributed by atoms with Gasteiger partial charge in [-0.1, -0.05) is 0 Å². The molecule has 0 atom stereocenters. The van der Waals surface area contributed by atoms with Gasteiger partial charge in [0.15, 0.2) is 0 Å². The smallest absolute Gasteiger partial charge is 0.255 e. The first-order valence-electron chi connectivity index (χ1n) is 5.92. The first kappa shape index (κ1) is 13.7. The molecule has 1 aromatic rings. The summed E-state index contributed by atoms with van der Waals surface area (Å²) in [6.07, 6.45) is 3.78. The second-order valence-electron chi connectivity index (χ2n) is 4.16. The molecule has 0 bridgehead atoms. The summed E-state index contributed by atoms with van der Waals surface area (Å²) >= 11 is 5.29. The summed E-state index contributed by atoms with van der Waals surface area (Å²) in [5, 5.41) is 6.03. The van der Waals surface area contributed by atoms with Crippen molar-refractivity contribution in [3.63, 3.8) is 0 Å². The van der Waals surface area contributed by atoms with Crippen molar-refractivity contribution >= 4 is 39.4 Å². The second kappa shape index (κ2) is 6.43. The monoisotopic (exact) mass is 329 g/mol. The Morgan fingerprint density at radius 1 is 1.50 bits per heavy atom. The van der Waals surface area contributed by atoms with Crippen LogP contribution in [0.25, 0.3) is 0 Å². The first-order chi connectivity index (χ1) is 8.70. The number of thioether (sulfide) groups is 1. The van der Waals surface area contributed by atoms with Crippen molar-refractivity contribution < 1.29 is 4.79 Å². The minimum Gasteiger partial charge on any atom is -0.372 e. The Labute approximate surface area is 119 Å². The zero-order valence-corrected chi connectivity index (χ0v) is 12.6. The van der Waals surface area contributed by atoms with Gasteiger partial charge in [0.1, 0.15) is 5.82 Å². The number of hydrogen-bond acceptors (Lipinski definition) is 4. The minimum atomic E-state index is -0.0509. The van der Waals surface area contributed by atoms with Gasteiger partial charge in [-0.15, -0.1) is 0 Å². The first-order valence-corrected chi connectivity index (χ1v) is 7.87. The highest BCUT2D eigenvalue weighted by Gasteiger charge is 2.19. The molecule has 2 N–H and O–H groups in total. The normalized spacial score (nSPS) is 16.3. The maximum absolute atomic E-state index is 12.2. The number of nitrogens with one attached hydrogen (secondary N) is 2. The van der Waals surface area contributed by atoms with E-state index in [1.54, 1.807) is 19.3 Å². The lowest BCUT2D eigenvalue weighted by Crippen LogP contribution is -2.37. The average Bonchev–Trinajstić information content (AvgIpc) is 2.40. The molecule has 0 aliphatic carbocycles. The van der Waals surface area contributed by atoms with E-state index in [0.29, 0.717) is 17.4 Å². The van der Waals surface area contributed by atoms with Gasteiger partial charge in [0.05, 0.1) is 5.56 Å². The molecule has 0 aromatic carbocycles. The molecule has 1 aliphatic rings. The van der Waals surface area contributed by atoms with E-state index in [1.807, 2.05) is 11.8 Å². The molecule has 1 amide bonds. The highest BCUT2D eigenvalue weighted by atomic mass is 79.9. The van der Waals surface area contributed by atoms with Crippen LogP contribution in [0.4, 0.5) is 5.82 Å². The predicted octanol–water partition coefficient (Wildman–Crippen LogP) is 2.51. The van der Waals surface area contributed by atoms with Crippen LogP contribution in [-0.4, -0.2) is 35.5 Å². The highest BCUT2D eigenvalue weighted by Crippen LogP contribution is 2.20. The molecule has 4 nitrogen and oxygen atoms in total. The topological polar surface area (TPSA) is 54.0 Å². The maximum atomic E-state index is 12.2. The number of nitrogens with zero attached hydrogens (tertiary/aromatic N) is 1. The number of halogens is 1. The molecule has 98 valence electrons. The molecule has 1 saturated heterocycles. The van der Waals surface area contributed by atoms with Crippen LogP contribution in [0.15, 0.2) is 16.7 Å². The lowest BCUT2D eigenvalue weighted by atomic mass is 10.1. The van der Waals surface area contributed by atoms with Gasteiger partial charge in [-0.05, 0) is 46.3 Å². The molecule has 0 unspecified atom stereocenters. The SMILES string of the molecule is CNc1ncc(Br)cc1C(=O)NC1CCSCC1. The molecule has 1 fully saturated rings. The van der Waals surface area contributed by atoms with Crippen molar-refractivity contribution in [3.8, 4) is 0 Å². The van der Waals surface area contributed by atoms with E-state index in [9.17, 15) is 4.79 Å². The summed E-state index contributed by atoms with van der Waals surface area (Å²) in [5.74, 6) is 2.81. The molecular weight excluding hydrogens is 314 g/mol. The number of anilines is 1. The molecule has 6 heteroatoms. The predicted molar refractivity (Wildman–Crippen MR) is 79.3 cm³/mol. The van der Waals surface area contributed by atoms with Crippen LogP contribution in [0.5, 0.6) is 0 Å². The number of amides is 1. The number of hydrogen-bond donors (Lipinski definition) is 2. The van der Waals surface area contributed by atoms with Crippen molar-refractivity contribution in [1.29, 1.82) is 0 Å². The van der Waals surface area contributed by atoms with Gasteiger partial charge >= 0.3 is 0 Å². The third-order valence-electron chi connectivity index (χ3n) is 2.89. The molecule has 1 aliphatic heterocycles. The lowest BCUT2D eigenvalue weighted by Gasteiger charge is -2.22. The summed E-state index contributed by atoms with van der Waals surface area (Å²) in [4.78, 5) is 16.4. The quantitative estimate of drug-likeness (QED) is 0.894. The Morgan fingerprint density at radius 3 is 2.89 bits per heavy atom. The molecule has 0 spiro atoms. The number of pyridine rings is 1. The van der Waals surface area contributed by atoms with Crippen LogP contribution < -0.4 is 10.6 Å². The van der Waals surface area contributed by atoms with E-state index in [1.165, 1.54) is 0 Å². The van der Waals surface area contributed by atoms with Gasteiger partial charge in [-0.3, -0.25) is 4.79 Å². The summed E-state index contributed by atoms with van der Waals surface area (Å²) in [6.45, 7) is 0. The third kappa shape index (κ3) is 3.38. The van der Waals surface area contributed by atoms with Crippen LogP contribution in [0.2, 0.25) is 0 Å². The van der Waals surface area contributed by atoms with Gasteiger partial charge < -0.3 is 10.6 Å². The van der Waals surface area contributed by atoms with Crippen molar-refractivity contribution in [2.45, 2.75) is 18.9 Å². The fourth-order valence-corrected chi connectivity index (χ4v) is 3.35. The van der Waals surface area contributed by atoms with Crippen molar-refractivity contribution in [2.24, 2.45) is 0 Å². The molecule has 2 heterocycles. The summed E-state index contributed by atoms with van der Waals surface area (Å²) in [6, 6.07) is 2.09. The number of carbonyl (C=O) groups is 1. The zero-order valence-electron chi connectivity index (χ0n) is 10.2. The Hall–Kier alpha value is -0.750. The van der Waals surface area contributed by atoms with Crippen molar-refractivity contribution in [3.05, 3.63) is 22.3 Å². The molecule has 1 aromatic heterocycles. The largest absolute Gasteiger partial charge is 0.372 e. The highest BCUT2D eigenvalue weighted by molar-refractivity contribution is 9.10. The fraction of sp³-hybridized carbons (Fsp3) is 0.500. The lowest BCUT2D eigenvalue weighted by molar-refractivity contribution is 0.0935. The van der Waals surface area contributed by atoms with Crippen LogP contribution in [0.1, 0.15) is 23.2 Å². The van der Waals surface area contributed by atoms with E-state index in [0.717, 1.165) is 28.8 Å². The number of rotatable bonds is 3. The van der Waals surface area contributed by atoms with E-state index >= 15 is 0 Å². The Balaban J connectivity index is 2.09. The standard InChI is InChI=1S/C12H16BrN3OS/c1-14-11-10(6-8(13)7-15-11)12(17)16-9-2-4-18-5-3-9/h6-7,9H,2-5H2,1H3,(H,14,15)(H,16,17). The van der Waals surface area contributed by atoms with E-state index in [4.69, 9.17) is 0 Å². The van der Waals surface area contributed by atoms with Crippen molar-refractivity contribution in [2.75, 3.05) is 23.9 Å². The molecule has 0 radical (unpaired) electrons. The average molecular weight is 330 g/mol. The Bertz CT molecular complexity index is 435. The van der Waals surface area contributed by atoms with E-state index in [2.05, 4.69) is 31.5 Å². The van der Waals surface area contributed by atoms with Gasteiger partial charge in [0.25, 0.3) is 5.91 Å². The summed E-state index contributed by atoms with van der Waals surface area (Å²) < 4.78 is 0.811. The zero-order chi connectivity index (χ0) is 13.0. The van der Waals surface area contributed by atoms with E-state index in [-0.39, 0.29) is 5.91 Å². The van der Waals surface area contributed by atoms with Crippen molar-refractivity contribution in [1.82, 2.24) is 10.3 Å². The Kier molecular flexibility index (Phi) is 4.88. The van der Waals surface area contributed by atoms with Gasteiger partial charge in [-0.2, -0.15) is 11.8 Å². The van der Waals surface area contributed by atoms with Crippen LogP contribution in [0, 0.1) is 0 Å². The maximum Gasteiger partial charge on any atom is 0.255 e. The minimum absolute atomic E-state index is 0.0509. The number of carbonyl (C=O) groups excluding carboxylic acids is 1. The van der Waals surface area contributed by atoms with E-state index < -0.39 is 0 Å². The Morgan fingerprint density at radius 2 is 2.22 bits per heavy atom. The summed E-state index contributed by atoms with van der Waals surface area (Å²) in [5.41, 5.74) is 0.588. The van der Waals surface area contributed by atoms with Crippen LogP contribution >= 0.6 is 27.7 Å². The molecule has 18 heavy (non-hydrogen) atoms. The van der Waals surface area contributed by atoms with Crippen LogP contribution in [0.3, 0.4) is 0 Å².